The predicted molar refractivity (Wildman–Crippen MR) is 136 cm³/mol. The second kappa shape index (κ2) is 10.1. The molecule has 1 heterocycles. The van der Waals surface area contributed by atoms with Crippen LogP contribution >= 0.6 is 0 Å². The van der Waals surface area contributed by atoms with Crippen molar-refractivity contribution in [3.8, 4) is 0 Å². The highest BCUT2D eigenvalue weighted by Crippen LogP contribution is 2.50. The molecular weight excluding hydrogens is 514 g/mol. The van der Waals surface area contributed by atoms with E-state index in [-0.39, 0.29) is 22.0 Å². The molecule has 1 fully saturated rings. The number of aryl methyl sites for hydroxylation is 1. The van der Waals surface area contributed by atoms with Gasteiger partial charge in [-0.15, -0.1) is 0 Å². The van der Waals surface area contributed by atoms with E-state index in [2.05, 4.69) is 4.99 Å². The Hall–Kier alpha value is -4.42. The highest BCUT2D eigenvalue weighted by atomic mass is 32.2. The van der Waals surface area contributed by atoms with Crippen molar-refractivity contribution in [1.29, 1.82) is 0 Å². The summed E-state index contributed by atoms with van der Waals surface area (Å²) in [4.78, 5) is 41.6. The normalized spacial score (nSPS) is 17.9. The number of methoxy groups -OCH3 is 2. The second-order valence-electron chi connectivity index (χ2n) is 8.39. The van der Waals surface area contributed by atoms with E-state index in [1.807, 2.05) is 0 Å². The molecule has 1 unspecified atom stereocenters. The number of benzene rings is 3. The van der Waals surface area contributed by atoms with Crippen LogP contribution in [0.15, 0.2) is 88.8 Å². The SMILES string of the molecule is COC(=O)C1(C(=O)OC)C(=Nc2ccc([N+](=O)[O-])cc2)C(c2ccccc2)N1S(=O)(=O)c1ccc(C)cc1. The van der Waals surface area contributed by atoms with E-state index in [0.29, 0.717) is 5.56 Å². The van der Waals surface area contributed by atoms with Gasteiger partial charge < -0.3 is 9.47 Å². The zero-order valence-electron chi connectivity index (χ0n) is 20.6. The summed E-state index contributed by atoms with van der Waals surface area (Å²) in [5, 5.41) is 11.1. The molecule has 38 heavy (non-hydrogen) atoms. The van der Waals surface area contributed by atoms with Gasteiger partial charge in [0.05, 0.1) is 41.5 Å². The van der Waals surface area contributed by atoms with Crippen LogP contribution in [0.5, 0.6) is 0 Å². The standard InChI is InChI=1S/C26H23N3O8S/c1-17-9-15-21(16-10-17)38(34,35)28-22(18-7-5-4-6-8-18)23(26(28,24(30)36-2)25(31)37-3)27-19-11-13-20(14-12-19)29(32)33/h4-16,22H,1-3H3. The third kappa shape index (κ3) is 4.23. The summed E-state index contributed by atoms with van der Waals surface area (Å²) >= 11 is 0. The quantitative estimate of drug-likeness (QED) is 0.193. The summed E-state index contributed by atoms with van der Waals surface area (Å²) in [5.74, 6) is -2.43. The first kappa shape index (κ1) is 26.6. The van der Waals surface area contributed by atoms with Gasteiger partial charge in [-0.1, -0.05) is 48.0 Å². The Balaban J connectivity index is 2.03. The van der Waals surface area contributed by atoms with Crippen LogP contribution in [0.25, 0.3) is 0 Å². The van der Waals surface area contributed by atoms with Crippen molar-refractivity contribution in [3.05, 3.63) is 100 Å². The van der Waals surface area contributed by atoms with Crippen LogP contribution in [0, 0.1) is 17.0 Å². The van der Waals surface area contributed by atoms with Gasteiger partial charge in [0.1, 0.15) is 0 Å². The molecule has 1 aliphatic rings. The molecule has 0 radical (unpaired) electrons. The number of rotatable bonds is 7. The zero-order valence-corrected chi connectivity index (χ0v) is 21.4. The fourth-order valence-electron chi connectivity index (χ4n) is 4.32. The van der Waals surface area contributed by atoms with E-state index < -0.39 is 38.5 Å². The third-order valence-electron chi connectivity index (χ3n) is 6.16. The highest BCUT2D eigenvalue weighted by molar-refractivity contribution is 7.89. The number of carbonyl (C=O) groups is 2. The van der Waals surface area contributed by atoms with Gasteiger partial charge in [0.2, 0.25) is 10.0 Å². The van der Waals surface area contributed by atoms with E-state index in [0.717, 1.165) is 24.1 Å². The highest BCUT2D eigenvalue weighted by Gasteiger charge is 2.74. The first-order valence-corrected chi connectivity index (χ1v) is 12.7. The number of carbonyl (C=O) groups excluding carboxylic acids is 2. The molecule has 0 N–H and O–H groups in total. The average molecular weight is 538 g/mol. The molecule has 1 atom stereocenters. The number of nitro benzene ring substituents is 1. The minimum atomic E-state index is -4.52. The number of aliphatic imine (C=N–C) groups is 1. The van der Waals surface area contributed by atoms with Gasteiger partial charge in [0, 0.05) is 12.1 Å². The summed E-state index contributed by atoms with van der Waals surface area (Å²) in [6.07, 6.45) is 0. The summed E-state index contributed by atoms with van der Waals surface area (Å²) < 4.78 is 38.8. The van der Waals surface area contributed by atoms with Crippen LogP contribution in [-0.4, -0.2) is 55.1 Å². The van der Waals surface area contributed by atoms with Crippen molar-refractivity contribution in [3.63, 3.8) is 0 Å². The van der Waals surface area contributed by atoms with Crippen molar-refractivity contribution >= 4 is 39.0 Å². The molecule has 1 aliphatic heterocycles. The van der Waals surface area contributed by atoms with E-state index in [9.17, 15) is 28.1 Å². The molecular formula is C26H23N3O8S. The minimum Gasteiger partial charge on any atom is -0.467 e. The Kier molecular flexibility index (Phi) is 7.11. The molecule has 12 heteroatoms. The van der Waals surface area contributed by atoms with E-state index >= 15 is 0 Å². The van der Waals surface area contributed by atoms with E-state index in [4.69, 9.17) is 9.47 Å². The number of sulfonamides is 1. The molecule has 0 aliphatic carbocycles. The van der Waals surface area contributed by atoms with Crippen molar-refractivity contribution in [2.24, 2.45) is 4.99 Å². The molecule has 11 nitrogen and oxygen atoms in total. The summed E-state index contributed by atoms with van der Waals surface area (Å²) in [5.41, 5.74) is -1.58. The Morgan fingerprint density at radius 2 is 1.47 bits per heavy atom. The molecule has 0 spiro atoms. The molecule has 4 rings (SSSR count). The largest absolute Gasteiger partial charge is 0.467 e. The number of ether oxygens (including phenoxy) is 2. The lowest BCUT2D eigenvalue weighted by Gasteiger charge is -2.53. The number of hydrogen-bond donors (Lipinski definition) is 0. The maximum Gasteiger partial charge on any atom is 0.345 e. The topological polar surface area (TPSA) is 145 Å². The number of hydrogen-bond acceptors (Lipinski definition) is 9. The molecule has 0 aromatic heterocycles. The monoisotopic (exact) mass is 537 g/mol. The number of nitrogens with zero attached hydrogens (tertiary/aromatic N) is 3. The molecule has 0 saturated carbocycles. The Bertz CT molecular complexity index is 1500. The summed E-state index contributed by atoms with van der Waals surface area (Å²) in [6.45, 7) is 1.79. The van der Waals surface area contributed by atoms with Crippen molar-refractivity contribution in [2.75, 3.05) is 14.2 Å². The van der Waals surface area contributed by atoms with Crippen LogP contribution < -0.4 is 0 Å². The van der Waals surface area contributed by atoms with Crippen LogP contribution in [0.1, 0.15) is 17.2 Å². The van der Waals surface area contributed by atoms with Crippen molar-refractivity contribution in [1.82, 2.24) is 4.31 Å². The van der Waals surface area contributed by atoms with Crippen molar-refractivity contribution in [2.45, 2.75) is 23.4 Å². The van der Waals surface area contributed by atoms with Gasteiger partial charge in [-0.05, 0) is 36.8 Å². The maximum absolute atomic E-state index is 14.1. The first-order chi connectivity index (χ1) is 18.1. The Morgan fingerprint density at radius 1 is 0.921 bits per heavy atom. The lowest BCUT2D eigenvalue weighted by atomic mass is 9.75. The maximum atomic E-state index is 14.1. The lowest BCUT2D eigenvalue weighted by molar-refractivity contribution is -0.384. The average Bonchev–Trinajstić information content (AvgIpc) is 2.91. The summed E-state index contributed by atoms with van der Waals surface area (Å²) in [7, 11) is -2.48. The molecule has 0 bridgehead atoms. The van der Waals surface area contributed by atoms with Crippen molar-refractivity contribution < 1.29 is 32.4 Å². The van der Waals surface area contributed by atoms with Crippen LogP contribution in [0.2, 0.25) is 0 Å². The predicted octanol–water partition coefficient (Wildman–Crippen LogP) is 3.51. The minimum absolute atomic E-state index is 0.149. The first-order valence-electron chi connectivity index (χ1n) is 11.3. The van der Waals surface area contributed by atoms with Crippen LogP contribution in [0.3, 0.4) is 0 Å². The van der Waals surface area contributed by atoms with Gasteiger partial charge in [0.25, 0.3) is 11.2 Å². The fraction of sp³-hybridized carbons (Fsp3) is 0.192. The number of non-ortho nitro benzene ring substituents is 1. The molecule has 196 valence electrons. The van der Waals surface area contributed by atoms with Crippen LogP contribution in [-0.2, 0) is 29.1 Å². The van der Waals surface area contributed by atoms with Gasteiger partial charge in [-0.2, -0.15) is 4.31 Å². The van der Waals surface area contributed by atoms with E-state index in [1.165, 1.54) is 36.4 Å². The van der Waals surface area contributed by atoms with Gasteiger partial charge in [-0.3, -0.25) is 15.1 Å². The third-order valence-corrected chi connectivity index (χ3v) is 8.03. The van der Waals surface area contributed by atoms with Gasteiger partial charge in [0.15, 0.2) is 0 Å². The smallest absolute Gasteiger partial charge is 0.345 e. The molecule has 3 aromatic rings. The number of esters is 2. The van der Waals surface area contributed by atoms with Crippen LogP contribution in [0.4, 0.5) is 11.4 Å². The van der Waals surface area contributed by atoms with Gasteiger partial charge >= 0.3 is 11.9 Å². The lowest BCUT2D eigenvalue weighted by Crippen LogP contribution is -2.78. The molecule has 3 aromatic carbocycles. The zero-order chi connectivity index (χ0) is 27.7. The Morgan fingerprint density at radius 3 is 1.97 bits per heavy atom. The second-order valence-corrected chi connectivity index (χ2v) is 10.2. The van der Waals surface area contributed by atoms with Gasteiger partial charge in [-0.25, -0.2) is 18.0 Å². The molecule has 0 amide bonds. The molecule has 1 saturated heterocycles. The summed E-state index contributed by atoms with van der Waals surface area (Å²) in [6, 6.07) is 18.1. The Labute approximate surface area is 218 Å². The number of nitro groups is 1. The fourth-order valence-corrected chi connectivity index (χ4v) is 6.13. The van der Waals surface area contributed by atoms with E-state index in [1.54, 1.807) is 49.4 Å².